The topological polar surface area (TPSA) is 26.7 Å². The van der Waals surface area contributed by atoms with Gasteiger partial charge in [0.05, 0.1) is 0 Å². The third kappa shape index (κ3) is 3.49. The summed E-state index contributed by atoms with van der Waals surface area (Å²) < 4.78 is 0. The Labute approximate surface area is 140 Å². The lowest BCUT2D eigenvalue weighted by Gasteiger charge is -2.36. The molecule has 1 aliphatic heterocycles. The highest BCUT2D eigenvalue weighted by Crippen LogP contribution is 2.26. The van der Waals surface area contributed by atoms with E-state index < -0.39 is 0 Å². The number of aromatic hydroxyl groups is 1. The summed E-state index contributed by atoms with van der Waals surface area (Å²) in [6.45, 7) is 4.60. The molecule has 0 radical (unpaired) electrons. The zero-order valence-electron chi connectivity index (χ0n) is 12.2. The molecule has 0 aromatic heterocycles. The van der Waals surface area contributed by atoms with Crippen molar-refractivity contribution in [3.8, 4) is 5.75 Å². The van der Waals surface area contributed by atoms with Crippen LogP contribution in [-0.4, -0.2) is 36.2 Å². The number of hydrogen-bond donors (Lipinski definition) is 1. The third-order valence-electron chi connectivity index (χ3n) is 4.03. The molecule has 1 fully saturated rings. The van der Waals surface area contributed by atoms with Crippen molar-refractivity contribution in [3.63, 3.8) is 0 Å². The van der Waals surface area contributed by atoms with E-state index in [9.17, 15) is 5.11 Å². The molecule has 22 heavy (non-hydrogen) atoms. The zero-order valence-corrected chi connectivity index (χ0v) is 13.7. The standard InChI is InChI=1S/C17H18Cl2N2O/c18-16-2-1-3-17(19)15(16)12-20-8-10-21(11-9-20)13-4-6-14(22)7-5-13/h1-7,22H,8-12H2. The third-order valence-corrected chi connectivity index (χ3v) is 4.74. The van der Waals surface area contributed by atoms with Crippen LogP contribution in [0.5, 0.6) is 5.75 Å². The lowest BCUT2D eigenvalue weighted by Crippen LogP contribution is -2.46. The second-order valence-electron chi connectivity index (χ2n) is 5.48. The van der Waals surface area contributed by atoms with Crippen LogP contribution in [0.3, 0.4) is 0 Å². The van der Waals surface area contributed by atoms with Crippen molar-refractivity contribution in [1.82, 2.24) is 4.90 Å². The Morgan fingerprint density at radius 1 is 0.864 bits per heavy atom. The molecule has 0 spiro atoms. The van der Waals surface area contributed by atoms with Gasteiger partial charge in [-0.05, 0) is 36.4 Å². The van der Waals surface area contributed by atoms with Gasteiger partial charge in [0.2, 0.25) is 0 Å². The van der Waals surface area contributed by atoms with Gasteiger partial charge in [-0.15, -0.1) is 0 Å². The van der Waals surface area contributed by atoms with Crippen molar-refractivity contribution in [2.24, 2.45) is 0 Å². The molecular weight excluding hydrogens is 319 g/mol. The summed E-state index contributed by atoms with van der Waals surface area (Å²) in [4.78, 5) is 4.69. The van der Waals surface area contributed by atoms with Gasteiger partial charge in [-0.25, -0.2) is 0 Å². The zero-order chi connectivity index (χ0) is 15.5. The van der Waals surface area contributed by atoms with Crippen molar-refractivity contribution >= 4 is 28.9 Å². The van der Waals surface area contributed by atoms with Gasteiger partial charge in [0.25, 0.3) is 0 Å². The Bertz CT molecular complexity index is 617. The normalized spacial score (nSPS) is 16.0. The molecule has 1 N–H and O–H groups in total. The fourth-order valence-electron chi connectivity index (χ4n) is 2.73. The van der Waals surface area contributed by atoms with Crippen LogP contribution in [0.2, 0.25) is 10.0 Å². The second kappa shape index (κ2) is 6.78. The van der Waals surface area contributed by atoms with Gasteiger partial charge in [0, 0.05) is 54.0 Å². The van der Waals surface area contributed by atoms with E-state index in [1.807, 2.05) is 30.3 Å². The highest BCUT2D eigenvalue weighted by Gasteiger charge is 2.19. The predicted molar refractivity (Wildman–Crippen MR) is 92.1 cm³/mol. The molecular formula is C17H18Cl2N2O. The van der Waals surface area contributed by atoms with E-state index in [0.717, 1.165) is 54.0 Å². The first-order valence-electron chi connectivity index (χ1n) is 7.33. The fraction of sp³-hybridized carbons (Fsp3) is 0.294. The summed E-state index contributed by atoms with van der Waals surface area (Å²) in [5.74, 6) is 0.302. The second-order valence-corrected chi connectivity index (χ2v) is 6.29. The first kappa shape index (κ1) is 15.5. The van der Waals surface area contributed by atoms with Crippen molar-refractivity contribution in [1.29, 1.82) is 0 Å². The maximum absolute atomic E-state index is 9.36. The monoisotopic (exact) mass is 336 g/mol. The molecule has 2 aromatic carbocycles. The van der Waals surface area contributed by atoms with Gasteiger partial charge in [-0.1, -0.05) is 29.3 Å². The Hall–Kier alpha value is -1.42. The van der Waals surface area contributed by atoms with Crippen LogP contribution in [0, 0.1) is 0 Å². The van der Waals surface area contributed by atoms with Crippen LogP contribution >= 0.6 is 23.2 Å². The minimum Gasteiger partial charge on any atom is -0.508 e. The first-order valence-corrected chi connectivity index (χ1v) is 8.08. The van der Waals surface area contributed by atoms with Crippen LogP contribution in [0.4, 0.5) is 5.69 Å². The van der Waals surface area contributed by atoms with Gasteiger partial charge in [0.15, 0.2) is 0 Å². The predicted octanol–water partition coefficient (Wildman–Crippen LogP) is 4.02. The number of piperazine rings is 1. The molecule has 3 nitrogen and oxygen atoms in total. The van der Waals surface area contributed by atoms with E-state index in [0.29, 0.717) is 5.75 Å². The highest BCUT2D eigenvalue weighted by atomic mass is 35.5. The molecule has 0 unspecified atom stereocenters. The van der Waals surface area contributed by atoms with E-state index in [1.165, 1.54) is 0 Å². The Morgan fingerprint density at radius 2 is 1.45 bits per heavy atom. The summed E-state index contributed by atoms with van der Waals surface area (Å²) in [5.41, 5.74) is 2.15. The number of rotatable bonds is 3. The van der Waals surface area contributed by atoms with E-state index in [4.69, 9.17) is 23.2 Å². The number of halogens is 2. The van der Waals surface area contributed by atoms with E-state index in [2.05, 4.69) is 9.80 Å². The Balaban J connectivity index is 1.61. The van der Waals surface area contributed by atoms with Gasteiger partial charge < -0.3 is 10.0 Å². The molecule has 1 heterocycles. The van der Waals surface area contributed by atoms with Crippen LogP contribution < -0.4 is 4.90 Å². The first-order chi connectivity index (χ1) is 10.6. The maximum atomic E-state index is 9.36. The summed E-state index contributed by atoms with van der Waals surface area (Å²) in [7, 11) is 0. The molecule has 0 amide bonds. The molecule has 5 heteroatoms. The molecule has 0 aliphatic carbocycles. The lowest BCUT2D eigenvalue weighted by molar-refractivity contribution is 0.250. The van der Waals surface area contributed by atoms with E-state index in [-0.39, 0.29) is 0 Å². The fourth-order valence-corrected chi connectivity index (χ4v) is 3.25. The summed E-state index contributed by atoms with van der Waals surface area (Å²) >= 11 is 12.5. The minimum atomic E-state index is 0.302. The van der Waals surface area contributed by atoms with E-state index >= 15 is 0 Å². The lowest BCUT2D eigenvalue weighted by atomic mass is 10.2. The number of phenols is 1. The SMILES string of the molecule is Oc1ccc(N2CCN(Cc3c(Cl)cccc3Cl)CC2)cc1. The van der Waals surface area contributed by atoms with E-state index in [1.54, 1.807) is 12.1 Å². The molecule has 2 aromatic rings. The average molecular weight is 337 g/mol. The van der Waals surface area contributed by atoms with Crippen LogP contribution in [0.15, 0.2) is 42.5 Å². The van der Waals surface area contributed by atoms with Crippen LogP contribution in [0.25, 0.3) is 0 Å². The Morgan fingerprint density at radius 3 is 2.05 bits per heavy atom. The molecule has 1 saturated heterocycles. The molecule has 3 rings (SSSR count). The summed E-state index contributed by atoms with van der Waals surface area (Å²) in [6, 6.07) is 13.0. The number of nitrogens with zero attached hydrogens (tertiary/aromatic N) is 2. The number of phenolic OH excluding ortho intramolecular Hbond substituents is 1. The number of benzene rings is 2. The maximum Gasteiger partial charge on any atom is 0.115 e. The van der Waals surface area contributed by atoms with Crippen molar-refractivity contribution in [2.45, 2.75) is 6.54 Å². The molecule has 0 atom stereocenters. The number of anilines is 1. The van der Waals surface area contributed by atoms with Gasteiger partial charge in [-0.3, -0.25) is 4.90 Å². The van der Waals surface area contributed by atoms with Crippen LogP contribution in [-0.2, 0) is 6.54 Å². The molecule has 0 saturated carbocycles. The van der Waals surface area contributed by atoms with Crippen molar-refractivity contribution in [2.75, 3.05) is 31.1 Å². The average Bonchev–Trinajstić information content (AvgIpc) is 2.53. The highest BCUT2D eigenvalue weighted by molar-refractivity contribution is 6.35. The summed E-state index contributed by atoms with van der Waals surface area (Å²) in [5, 5.41) is 10.8. The van der Waals surface area contributed by atoms with Crippen molar-refractivity contribution < 1.29 is 5.11 Å². The van der Waals surface area contributed by atoms with Crippen LogP contribution in [0.1, 0.15) is 5.56 Å². The van der Waals surface area contributed by atoms with Gasteiger partial charge in [-0.2, -0.15) is 0 Å². The Kier molecular flexibility index (Phi) is 4.77. The number of hydrogen-bond acceptors (Lipinski definition) is 3. The smallest absolute Gasteiger partial charge is 0.115 e. The quantitative estimate of drug-likeness (QED) is 0.916. The molecule has 0 bridgehead atoms. The molecule has 1 aliphatic rings. The summed E-state index contributed by atoms with van der Waals surface area (Å²) in [6.07, 6.45) is 0. The minimum absolute atomic E-state index is 0.302. The van der Waals surface area contributed by atoms with Crippen molar-refractivity contribution in [3.05, 3.63) is 58.1 Å². The van der Waals surface area contributed by atoms with Gasteiger partial charge in [0.1, 0.15) is 5.75 Å². The largest absolute Gasteiger partial charge is 0.508 e. The molecule has 116 valence electrons. The van der Waals surface area contributed by atoms with Gasteiger partial charge >= 0.3 is 0 Å².